The van der Waals surface area contributed by atoms with Gasteiger partial charge in [0, 0.05) is 17.5 Å². The number of rotatable bonds is 3. The lowest BCUT2D eigenvalue weighted by Crippen LogP contribution is -2.26. The summed E-state index contributed by atoms with van der Waals surface area (Å²) < 4.78 is 48.0. The maximum absolute atomic E-state index is 12.9. The van der Waals surface area contributed by atoms with Gasteiger partial charge in [0.25, 0.3) is 0 Å². The molecule has 19 heavy (non-hydrogen) atoms. The molecule has 1 aliphatic rings. The van der Waals surface area contributed by atoms with E-state index in [1.165, 1.54) is 5.38 Å². The molecule has 4 nitrogen and oxygen atoms in total. The molecule has 0 saturated carbocycles. The van der Waals surface area contributed by atoms with E-state index in [0.29, 0.717) is 5.69 Å². The molecule has 104 valence electrons. The summed E-state index contributed by atoms with van der Waals surface area (Å²) in [5, 5.41) is 1.19. The van der Waals surface area contributed by atoms with Crippen LogP contribution in [0.5, 0.6) is 0 Å². The van der Waals surface area contributed by atoms with Crippen LogP contribution in [0.4, 0.5) is 13.2 Å². The molecule has 0 unspecified atom stereocenters. The SMILES string of the molecule is Cc1csc([C@@H](OC(=O)C2=COCC2)C(F)(F)F)n1. The van der Waals surface area contributed by atoms with Gasteiger partial charge >= 0.3 is 12.1 Å². The molecule has 1 atom stereocenters. The van der Waals surface area contributed by atoms with Crippen LogP contribution >= 0.6 is 11.3 Å². The van der Waals surface area contributed by atoms with E-state index in [2.05, 4.69) is 9.72 Å². The van der Waals surface area contributed by atoms with Gasteiger partial charge in [0.05, 0.1) is 18.4 Å². The number of aryl methyl sites for hydroxylation is 1. The van der Waals surface area contributed by atoms with Gasteiger partial charge in [0.2, 0.25) is 6.10 Å². The molecule has 0 bridgehead atoms. The second-order valence-corrected chi connectivity index (χ2v) is 4.81. The summed E-state index contributed by atoms with van der Waals surface area (Å²) in [4.78, 5) is 15.3. The van der Waals surface area contributed by atoms with Crippen LogP contribution in [0.15, 0.2) is 17.2 Å². The Balaban J connectivity index is 2.17. The Kier molecular flexibility index (Phi) is 3.79. The normalized spacial score (nSPS) is 16.7. The summed E-state index contributed by atoms with van der Waals surface area (Å²) in [5.74, 6) is -1.02. The predicted octanol–water partition coefficient (Wildman–Crippen LogP) is 2.90. The van der Waals surface area contributed by atoms with E-state index < -0.39 is 18.2 Å². The number of aromatic nitrogens is 1. The highest BCUT2D eigenvalue weighted by molar-refractivity contribution is 7.09. The monoisotopic (exact) mass is 293 g/mol. The van der Waals surface area contributed by atoms with Crippen molar-refractivity contribution in [1.82, 2.24) is 4.98 Å². The molecule has 2 rings (SSSR count). The highest BCUT2D eigenvalue weighted by atomic mass is 32.1. The van der Waals surface area contributed by atoms with Crippen molar-refractivity contribution in [3.8, 4) is 0 Å². The minimum absolute atomic E-state index is 0.0996. The predicted molar refractivity (Wildman–Crippen MR) is 60.4 cm³/mol. The number of ether oxygens (including phenoxy) is 2. The Morgan fingerprint density at radius 1 is 1.58 bits per heavy atom. The average Bonchev–Trinajstić information content (AvgIpc) is 2.94. The highest BCUT2D eigenvalue weighted by Gasteiger charge is 2.46. The molecule has 2 heterocycles. The molecule has 0 saturated heterocycles. The maximum Gasteiger partial charge on any atom is 0.432 e. The van der Waals surface area contributed by atoms with Gasteiger partial charge in [-0.15, -0.1) is 11.3 Å². The van der Waals surface area contributed by atoms with Crippen LogP contribution in [0.3, 0.4) is 0 Å². The number of thiazole rings is 1. The molecule has 8 heteroatoms. The van der Waals surface area contributed by atoms with Gasteiger partial charge in [-0.05, 0) is 6.92 Å². The van der Waals surface area contributed by atoms with Gasteiger partial charge in [-0.1, -0.05) is 0 Å². The van der Waals surface area contributed by atoms with Crippen LogP contribution in [0.25, 0.3) is 0 Å². The first-order valence-electron chi connectivity index (χ1n) is 5.38. The number of hydrogen-bond donors (Lipinski definition) is 0. The van der Waals surface area contributed by atoms with Crippen LogP contribution in [0.2, 0.25) is 0 Å². The zero-order valence-corrected chi connectivity index (χ0v) is 10.7. The molecule has 0 radical (unpaired) electrons. The van der Waals surface area contributed by atoms with Crippen LogP contribution < -0.4 is 0 Å². The van der Waals surface area contributed by atoms with Crippen molar-refractivity contribution >= 4 is 17.3 Å². The summed E-state index contributed by atoms with van der Waals surface area (Å²) in [7, 11) is 0. The zero-order valence-electron chi connectivity index (χ0n) is 9.86. The van der Waals surface area contributed by atoms with Crippen LogP contribution in [-0.2, 0) is 14.3 Å². The van der Waals surface area contributed by atoms with Gasteiger partial charge in [0.1, 0.15) is 5.01 Å². The van der Waals surface area contributed by atoms with E-state index in [-0.39, 0.29) is 23.6 Å². The van der Waals surface area contributed by atoms with E-state index in [9.17, 15) is 18.0 Å². The highest BCUT2D eigenvalue weighted by Crippen LogP contribution is 2.38. The molecule has 0 N–H and O–H groups in total. The number of esters is 1. The summed E-state index contributed by atoms with van der Waals surface area (Å²) >= 11 is 0.810. The molecule has 0 aliphatic carbocycles. The van der Waals surface area contributed by atoms with Crippen molar-refractivity contribution in [2.45, 2.75) is 25.6 Å². The largest absolute Gasteiger partial charge is 0.500 e. The van der Waals surface area contributed by atoms with Gasteiger partial charge in [-0.3, -0.25) is 0 Å². The molecule has 1 aromatic heterocycles. The molecular formula is C11H10F3NO3S. The summed E-state index contributed by atoms with van der Waals surface area (Å²) in [5.41, 5.74) is 0.552. The minimum atomic E-state index is -4.69. The Bertz CT molecular complexity index is 510. The van der Waals surface area contributed by atoms with Crippen molar-refractivity contribution in [3.05, 3.63) is 27.9 Å². The van der Waals surface area contributed by atoms with Gasteiger partial charge in [-0.2, -0.15) is 13.2 Å². The molecule has 1 aliphatic heterocycles. The number of alkyl halides is 3. The van der Waals surface area contributed by atoms with Gasteiger partial charge < -0.3 is 9.47 Å². The van der Waals surface area contributed by atoms with E-state index in [0.717, 1.165) is 17.6 Å². The Morgan fingerprint density at radius 3 is 2.79 bits per heavy atom. The van der Waals surface area contributed by atoms with Crippen molar-refractivity contribution < 1.29 is 27.4 Å². The quantitative estimate of drug-likeness (QED) is 0.804. The Hall–Kier alpha value is -1.57. The summed E-state index contributed by atoms with van der Waals surface area (Å²) in [6.45, 7) is 1.85. The lowest BCUT2D eigenvalue weighted by atomic mass is 10.2. The smallest absolute Gasteiger partial charge is 0.432 e. The number of carbonyl (C=O) groups excluding carboxylic acids is 1. The summed E-state index contributed by atoms with van der Waals surface area (Å²) in [6.07, 6.45) is -5.65. The average molecular weight is 293 g/mol. The molecule has 1 aromatic rings. The summed E-state index contributed by atoms with van der Waals surface area (Å²) in [6, 6.07) is 0. The molecule has 0 fully saturated rings. The van der Waals surface area contributed by atoms with E-state index in [1.807, 2.05) is 0 Å². The zero-order chi connectivity index (χ0) is 14.0. The third-order valence-corrected chi connectivity index (χ3v) is 3.37. The standard InChI is InChI=1S/C11H10F3NO3S/c1-6-5-19-9(15-6)8(11(12,13)14)18-10(16)7-2-3-17-4-7/h4-5,8H,2-3H2,1H3/t8-/m1/s1. The van der Waals surface area contributed by atoms with Gasteiger partial charge in [-0.25, -0.2) is 9.78 Å². The number of carbonyl (C=O) groups is 1. The fourth-order valence-corrected chi connectivity index (χ4v) is 2.32. The fourth-order valence-electron chi connectivity index (χ4n) is 1.47. The van der Waals surface area contributed by atoms with Crippen LogP contribution in [-0.4, -0.2) is 23.7 Å². The second-order valence-electron chi connectivity index (χ2n) is 3.92. The van der Waals surface area contributed by atoms with E-state index >= 15 is 0 Å². The van der Waals surface area contributed by atoms with E-state index in [4.69, 9.17) is 4.74 Å². The first-order valence-corrected chi connectivity index (χ1v) is 6.26. The molecule has 0 aromatic carbocycles. The molecular weight excluding hydrogens is 283 g/mol. The van der Waals surface area contributed by atoms with Crippen LogP contribution in [0.1, 0.15) is 23.2 Å². The lowest BCUT2D eigenvalue weighted by Gasteiger charge is -2.18. The fraction of sp³-hybridized carbons (Fsp3) is 0.455. The number of hydrogen-bond acceptors (Lipinski definition) is 5. The third kappa shape index (κ3) is 3.25. The number of halogens is 3. The molecule has 0 spiro atoms. The second kappa shape index (κ2) is 5.20. The van der Waals surface area contributed by atoms with Crippen molar-refractivity contribution in [3.63, 3.8) is 0 Å². The first kappa shape index (κ1) is 13.9. The van der Waals surface area contributed by atoms with Crippen molar-refractivity contribution in [2.75, 3.05) is 6.61 Å². The first-order chi connectivity index (χ1) is 8.88. The lowest BCUT2D eigenvalue weighted by molar-refractivity contribution is -0.222. The topological polar surface area (TPSA) is 48.4 Å². The maximum atomic E-state index is 12.9. The van der Waals surface area contributed by atoms with Crippen LogP contribution in [0, 0.1) is 6.92 Å². The number of nitrogens with zero attached hydrogens (tertiary/aromatic N) is 1. The van der Waals surface area contributed by atoms with Crippen molar-refractivity contribution in [1.29, 1.82) is 0 Å². The third-order valence-electron chi connectivity index (χ3n) is 2.36. The van der Waals surface area contributed by atoms with Crippen molar-refractivity contribution in [2.24, 2.45) is 0 Å². The Labute approximate surface area is 110 Å². The Morgan fingerprint density at radius 2 is 2.32 bits per heavy atom. The molecule has 0 amide bonds. The minimum Gasteiger partial charge on any atom is -0.500 e. The van der Waals surface area contributed by atoms with Gasteiger partial charge in [0.15, 0.2) is 0 Å². The van der Waals surface area contributed by atoms with E-state index in [1.54, 1.807) is 6.92 Å².